The average molecular weight is 584 g/mol. The summed E-state index contributed by atoms with van der Waals surface area (Å²) in [5, 5.41) is 3.25. The molecule has 4 aromatic rings. The highest BCUT2D eigenvalue weighted by molar-refractivity contribution is 7.21. The molecule has 1 saturated carbocycles. The van der Waals surface area contributed by atoms with Crippen LogP contribution in [0.25, 0.3) is 21.2 Å². The number of halogens is 3. The maximum Gasteiger partial charge on any atom is 0.266 e. The highest BCUT2D eigenvalue weighted by atomic mass is 35.5. The predicted molar refractivity (Wildman–Crippen MR) is 157 cm³/mol. The van der Waals surface area contributed by atoms with E-state index in [0.717, 1.165) is 77.2 Å². The Bertz CT molecular complexity index is 1550. The van der Waals surface area contributed by atoms with Gasteiger partial charge in [0.1, 0.15) is 22.3 Å². The molecular formula is C31H32ClF2N3O2S. The summed E-state index contributed by atoms with van der Waals surface area (Å²) in [6.07, 6.45) is 3.43. The lowest BCUT2D eigenvalue weighted by Gasteiger charge is -2.37. The number of fused-ring (bicyclic) bond motifs is 1. The number of amides is 1. The van der Waals surface area contributed by atoms with E-state index in [4.69, 9.17) is 16.3 Å². The van der Waals surface area contributed by atoms with Gasteiger partial charge in [-0.2, -0.15) is 0 Å². The van der Waals surface area contributed by atoms with Crippen molar-refractivity contribution in [2.45, 2.75) is 58.2 Å². The highest BCUT2D eigenvalue weighted by Gasteiger charge is 2.33. The molecule has 210 valence electrons. The van der Waals surface area contributed by atoms with E-state index in [-0.39, 0.29) is 38.5 Å². The zero-order valence-electron chi connectivity index (χ0n) is 23.0. The fraction of sp³-hybridized carbons (Fsp3) is 0.355. The van der Waals surface area contributed by atoms with Gasteiger partial charge in [-0.1, -0.05) is 17.7 Å². The van der Waals surface area contributed by atoms with Crippen molar-refractivity contribution >= 4 is 38.9 Å². The number of thiophene rings is 1. The molecule has 0 radical (unpaired) electrons. The molecule has 1 aliphatic rings. The summed E-state index contributed by atoms with van der Waals surface area (Å²) in [6.45, 7) is 4.19. The van der Waals surface area contributed by atoms with Crippen LogP contribution in [0.5, 0.6) is 5.75 Å². The Labute approximate surface area is 242 Å². The monoisotopic (exact) mass is 583 g/mol. The second-order valence-corrected chi connectivity index (χ2v) is 11.8. The van der Waals surface area contributed by atoms with Crippen molar-refractivity contribution in [1.29, 1.82) is 0 Å². The third-order valence-electron chi connectivity index (χ3n) is 7.72. The van der Waals surface area contributed by atoms with E-state index in [1.165, 1.54) is 0 Å². The van der Waals surface area contributed by atoms with E-state index in [9.17, 15) is 13.6 Å². The minimum Gasteiger partial charge on any atom is -0.496 e. The molecular weight excluding hydrogens is 552 g/mol. The highest BCUT2D eigenvalue weighted by Crippen LogP contribution is 2.40. The van der Waals surface area contributed by atoms with Gasteiger partial charge in [-0.25, -0.2) is 8.78 Å². The van der Waals surface area contributed by atoms with Crippen LogP contribution < -0.4 is 10.1 Å². The number of carbonyl (C=O) groups excluding carboxylic acids is 1. The van der Waals surface area contributed by atoms with Gasteiger partial charge in [-0.15, -0.1) is 11.3 Å². The molecule has 9 heteroatoms. The molecule has 2 aromatic carbocycles. The van der Waals surface area contributed by atoms with E-state index in [2.05, 4.69) is 10.3 Å². The van der Waals surface area contributed by atoms with Crippen molar-refractivity contribution in [3.05, 3.63) is 81.0 Å². The lowest BCUT2D eigenvalue weighted by molar-refractivity contribution is 0.0604. The number of hydrogen-bond acceptors (Lipinski definition) is 5. The lowest BCUT2D eigenvalue weighted by atomic mass is 9.89. The molecule has 0 unspecified atom stereocenters. The largest absolute Gasteiger partial charge is 0.496 e. The average Bonchev–Trinajstić information content (AvgIpc) is 3.31. The van der Waals surface area contributed by atoms with Crippen LogP contribution in [0.2, 0.25) is 5.02 Å². The Morgan fingerprint density at radius 2 is 1.73 bits per heavy atom. The Morgan fingerprint density at radius 1 is 1.05 bits per heavy atom. The van der Waals surface area contributed by atoms with E-state index >= 15 is 0 Å². The molecule has 1 aliphatic carbocycles. The number of benzene rings is 2. The van der Waals surface area contributed by atoms with E-state index < -0.39 is 11.6 Å². The molecule has 2 aromatic heterocycles. The number of ether oxygens (including phenoxy) is 1. The third-order valence-corrected chi connectivity index (χ3v) is 9.39. The lowest BCUT2D eigenvalue weighted by Crippen LogP contribution is -2.44. The number of aryl methyl sites for hydroxylation is 2. The number of aromatic nitrogens is 1. The van der Waals surface area contributed by atoms with E-state index in [0.29, 0.717) is 11.8 Å². The summed E-state index contributed by atoms with van der Waals surface area (Å²) in [5.41, 5.74) is 4.69. The number of carbonyl (C=O) groups is 1. The van der Waals surface area contributed by atoms with Crippen LogP contribution in [0.3, 0.4) is 0 Å². The van der Waals surface area contributed by atoms with Gasteiger partial charge in [0.05, 0.1) is 22.2 Å². The number of pyridine rings is 1. The number of hydrogen-bond donors (Lipinski definition) is 1. The molecule has 5 nitrogen and oxygen atoms in total. The van der Waals surface area contributed by atoms with Crippen LogP contribution in [0.15, 0.2) is 42.5 Å². The van der Waals surface area contributed by atoms with Crippen LogP contribution >= 0.6 is 22.9 Å². The smallest absolute Gasteiger partial charge is 0.266 e. The first-order valence-corrected chi connectivity index (χ1v) is 14.6. The summed E-state index contributed by atoms with van der Waals surface area (Å²) < 4.78 is 35.0. The molecule has 40 heavy (non-hydrogen) atoms. The van der Waals surface area contributed by atoms with Gasteiger partial charge in [-0.3, -0.25) is 9.78 Å². The molecule has 5 rings (SSSR count). The van der Waals surface area contributed by atoms with Gasteiger partial charge in [0.25, 0.3) is 5.91 Å². The normalized spacial score (nSPS) is 17.3. The maximum atomic E-state index is 14.7. The molecule has 1 amide bonds. The Balaban J connectivity index is 1.57. The zero-order valence-corrected chi connectivity index (χ0v) is 24.6. The fourth-order valence-electron chi connectivity index (χ4n) is 5.68. The summed E-state index contributed by atoms with van der Waals surface area (Å²) in [5.74, 6) is -0.913. The molecule has 0 aliphatic heterocycles. The standard InChI is InChI=1S/C31H32ClF2N3O2S/c1-17-13-20(14-18(2)36-17)19-5-12-26(39-4)21(15-19)16-37(23-8-6-22(35-3)7-9-23)31(38)30-28(32)27-24(33)10-11-25(34)29(27)40-30/h5,10-15,22-23,35H,6-9,16H2,1-4H3/t22-,23+. The number of nitrogens with one attached hydrogen (secondary N) is 1. The van der Waals surface area contributed by atoms with Crippen molar-refractivity contribution < 1.29 is 18.3 Å². The van der Waals surface area contributed by atoms with Crippen molar-refractivity contribution in [2.75, 3.05) is 14.2 Å². The van der Waals surface area contributed by atoms with Gasteiger partial charge >= 0.3 is 0 Å². The number of rotatable bonds is 7. The van der Waals surface area contributed by atoms with Crippen LogP contribution in [0.1, 0.15) is 52.3 Å². The van der Waals surface area contributed by atoms with E-state index in [1.54, 1.807) is 7.11 Å². The number of methoxy groups -OCH3 is 1. The van der Waals surface area contributed by atoms with Gasteiger partial charge in [0, 0.05) is 35.6 Å². The molecule has 0 saturated heterocycles. The quantitative estimate of drug-likeness (QED) is 0.242. The molecule has 2 heterocycles. The summed E-state index contributed by atoms with van der Waals surface area (Å²) in [4.78, 5) is 20.6. The van der Waals surface area contributed by atoms with Gasteiger partial charge < -0.3 is 15.0 Å². The first kappa shape index (κ1) is 28.5. The fourth-order valence-corrected chi connectivity index (χ4v) is 7.18. The Kier molecular flexibility index (Phi) is 8.40. The topological polar surface area (TPSA) is 54.5 Å². The van der Waals surface area contributed by atoms with Gasteiger partial charge in [0.2, 0.25) is 0 Å². The minimum absolute atomic E-state index is 0.0423. The SMILES string of the molecule is CN[C@H]1CC[C@@H](N(Cc2cc(-c3cc(C)nc(C)c3)ccc2OC)C(=O)c2sc3c(F)ccc(F)c3c2Cl)CC1. The third kappa shape index (κ3) is 5.57. The van der Waals surface area contributed by atoms with Crippen molar-refractivity contribution in [3.8, 4) is 16.9 Å². The van der Waals surface area contributed by atoms with Crippen LogP contribution in [-0.2, 0) is 6.54 Å². The second kappa shape index (κ2) is 11.8. The minimum atomic E-state index is -0.643. The zero-order chi connectivity index (χ0) is 28.6. The Hall–Kier alpha value is -3.07. The van der Waals surface area contributed by atoms with Gasteiger partial charge in [0.15, 0.2) is 0 Å². The first-order chi connectivity index (χ1) is 19.2. The van der Waals surface area contributed by atoms with Crippen molar-refractivity contribution in [2.24, 2.45) is 0 Å². The summed E-state index contributed by atoms with van der Waals surface area (Å²) >= 11 is 7.48. The predicted octanol–water partition coefficient (Wildman–Crippen LogP) is 7.69. The first-order valence-electron chi connectivity index (χ1n) is 13.4. The van der Waals surface area contributed by atoms with Gasteiger partial charge in [-0.05, 0) is 94.1 Å². The maximum absolute atomic E-state index is 14.7. The van der Waals surface area contributed by atoms with Crippen molar-refractivity contribution in [3.63, 3.8) is 0 Å². The Morgan fingerprint density at radius 3 is 2.35 bits per heavy atom. The number of nitrogens with zero attached hydrogens (tertiary/aromatic N) is 2. The molecule has 0 spiro atoms. The second-order valence-electron chi connectivity index (χ2n) is 10.4. The molecule has 0 bridgehead atoms. The van der Waals surface area contributed by atoms with Crippen LogP contribution in [0, 0.1) is 25.5 Å². The van der Waals surface area contributed by atoms with Crippen LogP contribution in [-0.4, -0.2) is 42.0 Å². The molecule has 1 N–H and O–H groups in total. The van der Waals surface area contributed by atoms with Crippen LogP contribution in [0.4, 0.5) is 8.78 Å². The molecule has 0 atom stereocenters. The van der Waals surface area contributed by atoms with Crippen molar-refractivity contribution in [1.82, 2.24) is 15.2 Å². The molecule has 1 fully saturated rings. The van der Waals surface area contributed by atoms with E-state index in [1.807, 2.05) is 56.1 Å². The summed E-state index contributed by atoms with van der Waals surface area (Å²) in [6, 6.07) is 12.4. The summed E-state index contributed by atoms with van der Waals surface area (Å²) in [7, 11) is 3.56.